The fourth-order valence-electron chi connectivity index (χ4n) is 4.11. The zero-order valence-electron chi connectivity index (χ0n) is 18.9. The molecule has 0 saturated heterocycles. The smallest absolute Gasteiger partial charge is 0.407 e. The Hall–Kier alpha value is -4.18. The number of benzene rings is 2. The minimum Gasteiger partial charge on any atom is -0.481 e. The third-order valence-electron chi connectivity index (χ3n) is 5.76. The standard InChI is InChI=1S/C25H26N4O6/c30-16(11-23(31)32)12-27-24(33)22-13-29(15-28-22)10-9-26-25(34)35-14-21-19-7-3-1-5-17(19)18-6-2-4-8-20(18)21/h1-8,13,15-16,21,30H,9-12,14H2,(H,26,34)(H,27,33)(H,31,32). The van der Waals surface area contributed by atoms with Crippen LogP contribution < -0.4 is 10.6 Å². The van der Waals surface area contributed by atoms with Gasteiger partial charge in [-0.2, -0.15) is 0 Å². The van der Waals surface area contributed by atoms with E-state index < -0.39 is 30.5 Å². The van der Waals surface area contributed by atoms with Crippen molar-refractivity contribution in [3.63, 3.8) is 0 Å². The predicted octanol–water partition coefficient (Wildman–Crippen LogP) is 1.99. The first-order valence-electron chi connectivity index (χ1n) is 11.2. The Kier molecular flexibility index (Phi) is 7.41. The van der Waals surface area contributed by atoms with Crippen LogP contribution in [0.1, 0.15) is 34.0 Å². The quantitative estimate of drug-likeness (QED) is 0.349. The molecule has 0 radical (unpaired) electrons. The first-order valence-corrected chi connectivity index (χ1v) is 11.2. The van der Waals surface area contributed by atoms with E-state index in [-0.39, 0.29) is 31.3 Å². The van der Waals surface area contributed by atoms with Crippen molar-refractivity contribution in [2.24, 2.45) is 0 Å². The summed E-state index contributed by atoms with van der Waals surface area (Å²) < 4.78 is 7.13. The highest BCUT2D eigenvalue weighted by Gasteiger charge is 2.28. The second-order valence-corrected chi connectivity index (χ2v) is 8.21. The molecule has 4 N–H and O–H groups in total. The number of aromatic nitrogens is 2. The summed E-state index contributed by atoms with van der Waals surface area (Å²) in [6.07, 6.45) is 0.772. The first-order chi connectivity index (χ1) is 16.9. The maximum absolute atomic E-state index is 12.3. The van der Waals surface area contributed by atoms with E-state index in [4.69, 9.17) is 9.84 Å². The van der Waals surface area contributed by atoms with E-state index in [0.717, 1.165) is 22.3 Å². The monoisotopic (exact) mass is 478 g/mol. The number of imidazole rings is 1. The Morgan fingerprint density at radius 3 is 2.34 bits per heavy atom. The largest absolute Gasteiger partial charge is 0.481 e. The van der Waals surface area contributed by atoms with Gasteiger partial charge >= 0.3 is 12.1 Å². The number of fused-ring (bicyclic) bond motifs is 3. The fraction of sp³-hybridized carbons (Fsp3) is 0.280. The van der Waals surface area contributed by atoms with Crippen LogP contribution in [-0.2, 0) is 16.1 Å². The lowest BCUT2D eigenvalue weighted by atomic mass is 9.98. The third kappa shape index (κ3) is 5.85. The lowest BCUT2D eigenvalue weighted by Gasteiger charge is -2.14. The summed E-state index contributed by atoms with van der Waals surface area (Å²) in [6, 6.07) is 16.2. The Morgan fingerprint density at radius 1 is 1.03 bits per heavy atom. The van der Waals surface area contributed by atoms with Gasteiger partial charge in [-0.15, -0.1) is 0 Å². The number of aliphatic carboxylic acids is 1. The molecule has 10 nitrogen and oxygen atoms in total. The molecule has 0 aliphatic heterocycles. The topological polar surface area (TPSA) is 143 Å². The summed E-state index contributed by atoms with van der Waals surface area (Å²) in [5.74, 6) is -1.70. The van der Waals surface area contributed by atoms with Crippen molar-refractivity contribution in [1.29, 1.82) is 0 Å². The number of carbonyl (C=O) groups is 3. The number of aliphatic hydroxyl groups excluding tert-OH is 1. The average molecular weight is 479 g/mol. The lowest BCUT2D eigenvalue weighted by molar-refractivity contribution is -0.139. The molecule has 1 aliphatic rings. The molecule has 1 aromatic heterocycles. The molecule has 182 valence electrons. The van der Waals surface area contributed by atoms with Gasteiger partial charge in [0.15, 0.2) is 0 Å². The van der Waals surface area contributed by atoms with Crippen molar-refractivity contribution < 1.29 is 29.3 Å². The highest BCUT2D eigenvalue weighted by atomic mass is 16.5. The normalized spacial score (nSPS) is 12.9. The van der Waals surface area contributed by atoms with E-state index in [0.29, 0.717) is 6.54 Å². The minimum atomic E-state index is -1.18. The summed E-state index contributed by atoms with van der Waals surface area (Å²) in [7, 11) is 0. The van der Waals surface area contributed by atoms with E-state index in [1.54, 1.807) is 4.57 Å². The fourth-order valence-corrected chi connectivity index (χ4v) is 4.11. The maximum Gasteiger partial charge on any atom is 0.407 e. The van der Waals surface area contributed by atoms with Gasteiger partial charge in [-0.05, 0) is 22.3 Å². The lowest BCUT2D eigenvalue weighted by Crippen LogP contribution is -2.33. The number of amides is 2. The van der Waals surface area contributed by atoms with Crippen LogP contribution in [0.2, 0.25) is 0 Å². The number of carboxylic acid groups (broad SMARTS) is 1. The van der Waals surface area contributed by atoms with Crippen LogP contribution in [0.25, 0.3) is 11.1 Å². The van der Waals surface area contributed by atoms with Crippen LogP contribution in [0.3, 0.4) is 0 Å². The number of aliphatic hydroxyl groups is 1. The molecule has 0 saturated carbocycles. The molecule has 10 heteroatoms. The summed E-state index contributed by atoms with van der Waals surface area (Å²) in [5, 5.41) is 23.3. The Morgan fingerprint density at radius 2 is 1.69 bits per heavy atom. The number of ether oxygens (including phenoxy) is 1. The SMILES string of the molecule is O=C(O)CC(O)CNC(=O)c1cn(CCNC(=O)OCC2c3ccccc3-c3ccccc32)cn1. The zero-order chi connectivity index (χ0) is 24.8. The van der Waals surface area contributed by atoms with E-state index in [9.17, 15) is 19.5 Å². The first kappa shape index (κ1) is 24.0. The van der Waals surface area contributed by atoms with Crippen molar-refractivity contribution in [3.8, 4) is 11.1 Å². The van der Waals surface area contributed by atoms with E-state index in [1.165, 1.54) is 12.5 Å². The number of carbonyl (C=O) groups excluding carboxylic acids is 2. The van der Waals surface area contributed by atoms with Crippen molar-refractivity contribution >= 4 is 18.0 Å². The van der Waals surface area contributed by atoms with Crippen LogP contribution in [0, 0.1) is 0 Å². The number of hydrogen-bond acceptors (Lipinski definition) is 6. The number of hydrogen-bond donors (Lipinski definition) is 4. The van der Waals surface area contributed by atoms with Gasteiger partial charge in [0.05, 0.1) is 18.9 Å². The molecule has 1 unspecified atom stereocenters. The van der Waals surface area contributed by atoms with Crippen molar-refractivity contribution in [2.45, 2.75) is 25.0 Å². The Bertz CT molecular complexity index is 1180. The van der Waals surface area contributed by atoms with Gasteiger partial charge in [0.1, 0.15) is 12.3 Å². The molecule has 4 rings (SSSR count). The van der Waals surface area contributed by atoms with Gasteiger partial charge in [-0.3, -0.25) is 9.59 Å². The zero-order valence-corrected chi connectivity index (χ0v) is 18.9. The summed E-state index contributed by atoms with van der Waals surface area (Å²) in [6.45, 7) is 0.669. The Balaban J connectivity index is 1.22. The maximum atomic E-state index is 12.3. The van der Waals surface area contributed by atoms with Crippen molar-refractivity contribution in [1.82, 2.24) is 20.2 Å². The molecular formula is C25H26N4O6. The van der Waals surface area contributed by atoms with Crippen molar-refractivity contribution in [2.75, 3.05) is 19.7 Å². The average Bonchev–Trinajstić information content (AvgIpc) is 3.44. The highest BCUT2D eigenvalue weighted by Crippen LogP contribution is 2.44. The van der Waals surface area contributed by atoms with Gasteiger partial charge in [0.25, 0.3) is 5.91 Å². The van der Waals surface area contributed by atoms with Crippen LogP contribution in [0.5, 0.6) is 0 Å². The summed E-state index contributed by atoms with van der Waals surface area (Å²) >= 11 is 0. The second kappa shape index (κ2) is 10.8. The van der Waals surface area contributed by atoms with Crippen molar-refractivity contribution in [3.05, 3.63) is 77.9 Å². The molecule has 3 aromatic rings. The number of alkyl carbamates (subject to hydrolysis) is 1. The molecule has 0 fully saturated rings. The highest BCUT2D eigenvalue weighted by molar-refractivity contribution is 5.92. The third-order valence-corrected chi connectivity index (χ3v) is 5.76. The van der Waals surface area contributed by atoms with Crippen LogP contribution >= 0.6 is 0 Å². The molecule has 35 heavy (non-hydrogen) atoms. The minimum absolute atomic E-state index is 0.0168. The number of carboxylic acids is 1. The molecule has 2 aromatic carbocycles. The predicted molar refractivity (Wildman–Crippen MR) is 126 cm³/mol. The molecule has 0 bridgehead atoms. The Labute approximate surface area is 201 Å². The summed E-state index contributed by atoms with van der Waals surface area (Å²) in [5.41, 5.74) is 4.72. The van der Waals surface area contributed by atoms with Gasteiger partial charge in [-0.25, -0.2) is 9.78 Å². The molecule has 2 amide bonds. The van der Waals surface area contributed by atoms with Gasteiger partial charge < -0.3 is 30.2 Å². The van der Waals surface area contributed by atoms with E-state index in [2.05, 4.69) is 39.9 Å². The molecule has 1 atom stereocenters. The second-order valence-electron chi connectivity index (χ2n) is 8.21. The van der Waals surface area contributed by atoms with E-state index >= 15 is 0 Å². The molecular weight excluding hydrogens is 452 g/mol. The van der Waals surface area contributed by atoms with Gasteiger partial charge in [-0.1, -0.05) is 48.5 Å². The van der Waals surface area contributed by atoms with Gasteiger partial charge in [0, 0.05) is 31.7 Å². The van der Waals surface area contributed by atoms with Gasteiger partial charge in [0.2, 0.25) is 0 Å². The van der Waals surface area contributed by atoms with Crippen LogP contribution in [0.15, 0.2) is 61.1 Å². The van der Waals surface area contributed by atoms with Crippen LogP contribution in [0.4, 0.5) is 4.79 Å². The molecule has 0 spiro atoms. The number of rotatable bonds is 10. The molecule has 1 heterocycles. The summed E-state index contributed by atoms with van der Waals surface area (Å²) in [4.78, 5) is 38.9. The number of nitrogens with zero attached hydrogens (tertiary/aromatic N) is 2. The van der Waals surface area contributed by atoms with Crippen LogP contribution in [-0.4, -0.2) is 63.5 Å². The molecule has 1 aliphatic carbocycles. The number of nitrogens with one attached hydrogen (secondary N) is 2. The van der Waals surface area contributed by atoms with E-state index in [1.807, 2.05) is 24.3 Å².